The van der Waals surface area contributed by atoms with E-state index in [1.165, 1.54) is 5.56 Å². The topological polar surface area (TPSA) is 51.3 Å². The largest absolute Gasteiger partial charge is 0.420 e. The van der Waals surface area contributed by atoms with Gasteiger partial charge in [0.1, 0.15) is 0 Å². The summed E-state index contributed by atoms with van der Waals surface area (Å²) in [5, 5.41) is 0.618. The molecule has 0 spiro atoms. The molecule has 6 heteroatoms. The SMILES string of the molecule is O=c1oc2ccc(Cl)cc2n1C1CCN(Cc2ccncc2)CC1. The van der Waals surface area contributed by atoms with Crippen LogP contribution in [0.3, 0.4) is 0 Å². The zero-order chi connectivity index (χ0) is 16.5. The van der Waals surface area contributed by atoms with Crippen LogP contribution in [0, 0.1) is 0 Å². The number of likely N-dealkylation sites (tertiary alicyclic amines) is 1. The number of hydrogen-bond donors (Lipinski definition) is 0. The number of oxazole rings is 1. The lowest BCUT2D eigenvalue weighted by Crippen LogP contribution is -2.36. The van der Waals surface area contributed by atoms with E-state index in [4.69, 9.17) is 16.0 Å². The lowest BCUT2D eigenvalue weighted by Gasteiger charge is -2.32. The molecule has 1 aromatic carbocycles. The van der Waals surface area contributed by atoms with Crippen molar-refractivity contribution in [2.24, 2.45) is 0 Å². The Morgan fingerprint density at radius 2 is 1.92 bits per heavy atom. The molecule has 1 saturated heterocycles. The molecule has 0 N–H and O–H groups in total. The molecular weight excluding hydrogens is 326 g/mol. The Kier molecular flexibility index (Phi) is 4.12. The highest BCUT2D eigenvalue weighted by Gasteiger charge is 2.24. The zero-order valence-electron chi connectivity index (χ0n) is 13.2. The molecule has 4 rings (SSSR count). The zero-order valence-corrected chi connectivity index (χ0v) is 13.9. The van der Waals surface area contributed by atoms with Gasteiger partial charge in [-0.1, -0.05) is 11.6 Å². The molecule has 1 fully saturated rings. The van der Waals surface area contributed by atoms with Gasteiger partial charge in [-0.05, 0) is 48.7 Å². The first-order chi connectivity index (χ1) is 11.7. The molecule has 5 nitrogen and oxygen atoms in total. The summed E-state index contributed by atoms with van der Waals surface area (Å²) < 4.78 is 7.13. The molecule has 0 aliphatic carbocycles. The molecule has 0 amide bonds. The van der Waals surface area contributed by atoms with Crippen molar-refractivity contribution in [3.05, 3.63) is 63.9 Å². The second kappa shape index (κ2) is 6.42. The molecule has 124 valence electrons. The maximum Gasteiger partial charge on any atom is 0.420 e. The van der Waals surface area contributed by atoms with Crippen LogP contribution in [0.4, 0.5) is 0 Å². The number of rotatable bonds is 3. The lowest BCUT2D eigenvalue weighted by molar-refractivity contribution is 0.177. The molecule has 3 heterocycles. The van der Waals surface area contributed by atoms with Crippen LogP contribution in [-0.4, -0.2) is 27.5 Å². The summed E-state index contributed by atoms with van der Waals surface area (Å²) in [5.41, 5.74) is 2.66. The molecule has 0 atom stereocenters. The van der Waals surface area contributed by atoms with E-state index in [9.17, 15) is 4.79 Å². The van der Waals surface area contributed by atoms with Crippen molar-refractivity contribution in [1.29, 1.82) is 0 Å². The first-order valence-electron chi connectivity index (χ1n) is 8.12. The molecule has 0 unspecified atom stereocenters. The highest BCUT2D eigenvalue weighted by molar-refractivity contribution is 6.31. The summed E-state index contributed by atoms with van der Waals surface area (Å²) in [4.78, 5) is 18.7. The maximum absolute atomic E-state index is 12.3. The van der Waals surface area contributed by atoms with Crippen LogP contribution in [0.1, 0.15) is 24.4 Å². The van der Waals surface area contributed by atoms with Crippen molar-refractivity contribution < 1.29 is 4.42 Å². The Bertz CT molecular complexity index is 896. The number of piperidine rings is 1. The van der Waals surface area contributed by atoms with E-state index in [1.807, 2.05) is 30.6 Å². The van der Waals surface area contributed by atoms with E-state index in [0.717, 1.165) is 38.0 Å². The van der Waals surface area contributed by atoms with Gasteiger partial charge in [-0.3, -0.25) is 14.5 Å². The Balaban J connectivity index is 1.51. The van der Waals surface area contributed by atoms with Crippen LogP contribution < -0.4 is 5.76 Å². The molecule has 1 aliphatic heterocycles. The average molecular weight is 344 g/mol. The maximum atomic E-state index is 12.3. The summed E-state index contributed by atoms with van der Waals surface area (Å²) >= 11 is 6.08. The van der Waals surface area contributed by atoms with Gasteiger partial charge in [0.05, 0.1) is 5.52 Å². The number of hydrogen-bond acceptors (Lipinski definition) is 4. The minimum Gasteiger partial charge on any atom is -0.408 e. The lowest BCUT2D eigenvalue weighted by atomic mass is 10.0. The van der Waals surface area contributed by atoms with Gasteiger partial charge in [0.25, 0.3) is 0 Å². The third-order valence-electron chi connectivity index (χ3n) is 4.65. The van der Waals surface area contributed by atoms with E-state index in [2.05, 4.69) is 9.88 Å². The second-order valence-corrected chi connectivity index (χ2v) is 6.65. The quantitative estimate of drug-likeness (QED) is 0.730. The van der Waals surface area contributed by atoms with Crippen molar-refractivity contribution in [1.82, 2.24) is 14.5 Å². The van der Waals surface area contributed by atoms with Crippen LogP contribution in [0.5, 0.6) is 0 Å². The standard InChI is InChI=1S/C18H18ClN3O2/c19-14-1-2-17-16(11-14)22(18(23)24-17)15-5-9-21(10-6-15)12-13-3-7-20-8-4-13/h1-4,7-8,11,15H,5-6,9-10,12H2. The summed E-state index contributed by atoms with van der Waals surface area (Å²) in [6, 6.07) is 9.56. The number of halogens is 1. The van der Waals surface area contributed by atoms with Crippen molar-refractivity contribution in [2.45, 2.75) is 25.4 Å². The van der Waals surface area contributed by atoms with Crippen LogP contribution >= 0.6 is 11.6 Å². The van der Waals surface area contributed by atoms with E-state index < -0.39 is 0 Å². The minimum atomic E-state index is -0.292. The Hall–Kier alpha value is -2.11. The van der Waals surface area contributed by atoms with Crippen LogP contribution in [0.2, 0.25) is 5.02 Å². The van der Waals surface area contributed by atoms with Crippen LogP contribution in [0.15, 0.2) is 51.9 Å². The van der Waals surface area contributed by atoms with Gasteiger partial charge >= 0.3 is 5.76 Å². The van der Waals surface area contributed by atoms with Gasteiger partial charge in [0.15, 0.2) is 5.58 Å². The number of nitrogens with zero attached hydrogens (tertiary/aromatic N) is 3. The first kappa shape index (κ1) is 15.4. The number of pyridine rings is 1. The number of benzene rings is 1. The van der Waals surface area contributed by atoms with Gasteiger partial charge in [-0.15, -0.1) is 0 Å². The van der Waals surface area contributed by atoms with Gasteiger partial charge < -0.3 is 4.42 Å². The smallest absolute Gasteiger partial charge is 0.408 e. The van der Waals surface area contributed by atoms with Gasteiger partial charge in [0.2, 0.25) is 0 Å². The van der Waals surface area contributed by atoms with Gasteiger partial charge in [-0.25, -0.2) is 4.79 Å². The van der Waals surface area contributed by atoms with Gasteiger partial charge in [-0.2, -0.15) is 0 Å². The van der Waals surface area contributed by atoms with Crippen molar-refractivity contribution in [3.63, 3.8) is 0 Å². The summed E-state index contributed by atoms with van der Waals surface area (Å²) in [6.45, 7) is 2.82. The normalized spacial score (nSPS) is 16.7. The molecule has 0 saturated carbocycles. The minimum absolute atomic E-state index is 0.158. The number of aromatic nitrogens is 2. The first-order valence-corrected chi connectivity index (χ1v) is 8.50. The summed E-state index contributed by atoms with van der Waals surface area (Å²) in [5.74, 6) is -0.292. The van der Waals surface area contributed by atoms with E-state index in [-0.39, 0.29) is 11.8 Å². The fraction of sp³-hybridized carbons (Fsp3) is 0.333. The fourth-order valence-corrected chi connectivity index (χ4v) is 3.60. The van der Waals surface area contributed by atoms with Crippen LogP contribution in [0.25, 0.3) is 11.1 Å². The van der Waals surface area contributed by atoms with Crippen molar-refractivity contribution >= 4 is 22.7 Å². The second-order valence-electron chi connectivity index (χ2n) is 6.21. The molecular formula is C18H18ClN3O2. The Morgan fingerprint density at radius 3 is 2.67 bits per heavy atom. The molecule has 0 bridgehead atoms. The van der Waals surface area contributed by atoms with Crippen molar-refractivity contribution in [2.75, 3.05) is 13.1 Å². The summed E-state index contributed by atoms with van der Waals surface area (Å²) in [7, 11) is 0. The van der Waals surface area contributed by atoms with Gasteiger partial charge in [0, 0.05) is 43.1 Å². The molecule has 24 heavy (non-hydrogen) atoms. The van der Waals surface area contributed by atoms with E-state index in [1.54, 1.807) is 16.7 Å². The Morgan fingerprint density at radius 1 is 1.17 bits per heavy atom. The fourth-order valence-electron chi connectivity index (χ4n) is 3.43. The van der Waals surface area contributed by atoms with E-state index >= 15 is 0 Å². The molecule has 3 aromatic rings. The highest BCUT2D eigenvalue weighted by atomic mass is 35.5. The third-order valence-corrected chi connectivity index (χ3v) is 4.89. The molecule has 0 radical (unpaired) electrons. The van der Waals surface area contributed by atoms with Crippen LogP contribution in [-0.2, 0) is 6.54 Å². The molecule has 1 aliphatic rings. The monoisotopic (exact) mass is 343 g/mol. The molecule has 2 aromatic heterocycles. The number of fused-ring (bicyclic) bond motifs is 1. The predicted octanol–water partition coefficient (Wildman–Crippen LogP) is 3.48. The average Bonchev–Trinajstić information content (AvgIpc) is 2.92. The third kappa shape index (κ3) is 2.97. The summed E-state index contributed by atoms with van der Waals surface area (Å²) in [6.07, 6.45) is 5.49. The predicted molar refractivity (Wildman–Crippen MR) is 93.3 cm³/mol. The Labute approximate surface area is 144 Å². The highest BCUT2D eigenvalue weighted by Crippen LogP contribution is 2.27. The van der Waals surface area contributed by atoms with Crippen molar-refractivity contribution in [3.8, 4) is 0 Å². The van der Waals surface area contributed by atoms with E-state index in [0.29, 0.717) is 10.6 Å².